The molecule has 0 aliphatic carbocycles. The summed E-state index contributed by atoms with van der Waals surface area (Å²) < 4.78 is 16.6. The van der Waals surface area contributed by atoms with E-state index < -0.39 is 0 Å². The molecule has 3 aromatic rings. The van der Waals surface area contributed by atoms with Crippen LogP contribution in [0.2, 0.25) is 0 Å². The molecular weight excluding hydrogens is 292 g/mol. The number of nitrogens with two attached hydrogens (primary N) is 1. The Kier molecular flexibility index (Phi) is 4.19. The first-order valence-corrected chi connectivity index (χ1v) is 7.20. The van der Waals surface area contributed by atoms with Crippen LogP contribution in [0.1, 0.15) is 5.56 Å². The Bertz CT molecular complexity index is 816. The van der Waals surface area contributed by atoms with Crippen LogP contribution in [-0.4, -0.2) is 19.2 Å². The van der Waals surface area contributed by atoms with Gasteiger partial charge in [0.25, 0.3) is 0 Å². The van der Waals surface area contributed by atoms with Gasteiger partial charge in [0.2, 0.25) is 0 Å². The highest BCUT2D eigenvalue weighted by Gasteiger charge is 2.13. The Balaban J connectivity index is 1.93. The van der Waals surface area contributed by atoms with Gasteiger partial charge < -0.3 is 19.9 Å². The van der Waals surface area contributed by atoms with Crippen LogP contribution < -0.4 is 19.9 Å². The molecule has 5 nitrogen and oxygen atoms in total. The normalized spacial score (nSPS) is 10.5. The number of nitrogen functional groups attached to an aromatic ring is 1. The molecule has 0 aliphatic rings. The van der Waals surface area contributed by atoms with Crippen LogP contribution in [0.5, 0.6) is 17.2 Å². The van der Waals surface area contributed by atoms with E-state index in [4.69, 9.17) is 19.9 Å². The van der Waals surface area contributed by atoms with E-state index in [0.29, 0.717) is 29.3 Å². The van der Waals surface area contributed by atoms with Crippen molar-refractivity contribution < 1.29 is 14.2 Å². The lowest BCUT2D eigenvalue weighted by Gasteiger charge is -2.14. The van der Waals surface area contributed by atoms with Crippen molar-refractivity contribution >= 4 is 16.6 Å². The van der Waals surface area contributed by atoms with Gasteiger partial charge in [-0.2, -0.15) is 0 Å². The fourth-order valence-electron chi connectivity index (χ4n) is 2.40. The number of hydrogen-bond acceptors (Lipinski definition) is 5. The van der Waals surface area contributed by atoms with Crippen molar-refractivity contribution in [3.8, 4) is 17.2 Å². The summed E-state index contributed by atoms with van der Waals surface area (Å²) in [5.74, 6) is 2.05. The average molecular weight is 310 g/mol. The van der Waals surface area contributed by atoms with Crippen molar-refractivity contribution in [2.75, 3.05) is 20.0 Å². The maximum atomic E-state index is 6.03. The monoisotopic (exact) mass is 310 g/mol. The summed E-state index contributed by atoms with van der Waals surface area (Å²) in [6.45, 7) is 0.411. The minimum absolute atomic E-state index is 0.411. The van der Waals surface area contributed by atoms with Gasteiger partial charge >= 0.3 is 0 Å². The third-order valence-corrected chi connectivity index (χ3v) is 3.60. The summed E-state index contributed by atoms with van der Waals surface area (Å²) in [7, 11) is 3.24. The van der Waals surface area contributed by atoms with Crippen molar-refractivity contribution in [3.63, 3.8) is 0 Å². The van der Waals surface area contributed by atoms with Crippen molar-refractivity contribution in [2.45, 2.75) is 6.61 Å². The highest BCUT2D eigenvalue weighted by molar-refractivity contribution is 5.96. The number of rotatable bonds is 5. The van der Waals surface area contributed by atoms with Crippen molar-refractivity contribution in [1.29, 1.82) is 0 Å². The third-order valence-electron chi connectivity index (χ3n) is 3.60. The van der Waals surface area contributed by atoms with E-state index in [0.717, 1.165) is 16.7 Å². The van der Waals surface area contributed by atoms with Crippen LogP contribution in [0.3, 0.4) is 0 Å². The molecule has 23 heavy (non-hydrogen) atoms. The Labute approximate surface area is 134 Å². The molecule has 0 saturated carbocycles. The van der Waals surface area contributed by atoms with Crippen molar-refractivity contribution in [1.82, 2.24) is 4.98 Å². The molecule has 0 atom stereocenters. The molecule has 2 N–H and O–H groups in total. The molecule has 1 aromatic heterocycles. The first-order valence-electron chi connectivity index (χ1n) is 7.20. The first kappa shape index (κ1) is 15.0. The van der Waals surface area contributed by atoms with E-state index >= 15 is 0 Å². The molecule has 0 aliphatic heterocycles. The van der Waals surface area contributed by atoms with Crippen LogP contribution in [0.4, 0.5) is 5.69 Å². The molecule has 0 fully saturated rings. The molecule has 0 spiro atoms. The molecule has 0 unspecified atom stereocenters. The predicted octanol–water partition coefficient (Wildman–Crippen LogP) is 3.41. The van der Waals surface area contributed by atoms with Gasteiger partial charge in [-0.15, -0.1) is 0 Å². The quantitative estimate of drug-likeness (QED) is 0.731. The maximum absolute atomic E-state index is 6.03. The van der Waals surface area contributed by atoms with Gasteiger partial charge in [0.15, 0.2) is 11.5 Å². The lowest BCUT2D eigenvalue weighted by molar-refractivity contribution is 0.288. The van der Waals surface area contributed by atoms with Crippen molar-refractivity contribution in [3.05, 3.63) is 54.2 Å². The largest absolute Gasteiger partial charge is 0.497 e. The van der Waals surface area contributed by atoms with Gasteiger partial charge in [0, 0.05) is 17.6 Å². The highest BCUT2D eigenvalue weighted by atomic mass is 16.5. The molecule has 118 valence electrons. The number of methoxy groups -OCH3 is 2. The zero-order valence-electron chi connectivity index (χ0n) is 13.1. The Morgan fingerprint density at radius 3 is 2.52 bits per heavy atom. The van der Waals surface area contributed by atoms with E-state index in [-0.39, 0.29) is 0 Å². The molecule has 0 radical (unpaired) electrons. The zero-order chi connectivity index (χ0) is 16.2. The van der Waals surface area contributed by atoms with Gasteiger partial charge in [-0.3, -0.25) is 4.98 Å². The second-order valence-electron chi connectivity index (χ2n) is 5.03. The number of pyridine rings is 1. The number of aromatic nitrogens is 1. The van der Waals surface area contributed by atoms with E-state index in [2.05, 4.69) is 4.98 Å². The molecule has 3 rings (SSSR count). The lowest BCUT2D eigenvalue weighted by atomic mass is 10.1. The fourth-order valence-corrected chi connectivity index (χ4v) is 2.40. The average Bonchev–Trinajstić information content (AvgIpc) is 2.61. The summed E-state index contributed by atoms with van der Waals surface area (Å²) in [5, 5.41) is 0.831. The topological polar surface area (TPSA) is 66.6 Å². The summed E-state index contributed by atoms with van der Waals surface area (Å²) in [4.78, 5) is 4.32. The van der Waals surface area contributed by atoms with Gasteiger partial charge in [-0.25, -0.2) is 0 Å². The van der Waals surface area contributed by atoms with E-state index in [1.165, 1.54) is 0 Å². The minimum Gasteiger partial charge on any atom is -0.497 e. The second-order valence-corrected chi connectivity index (χ2v) is 5.03. The Morgan fingerprint density at radius 2 is 1.83 bits per heavy atom. The first-order chi connectivity index (χ1) is 11.2. The second kappa shape index (κ2) is 6.44. The molecule has 1 heterocycles. The molecule has 0 amide bonds. The third kappa shape index (κ3) is 2.99. The number of benzene rings is 2. The Morgan fingerprint density at radius 1 is 1.04 bits per heavy atom. The molecular formula is C18H18N2O3. The number of fused-ring (bicyclic) bond motifs is 1. The summed E-state index contributed by atoms with van der Waals surface area (Å²) >= 11 is 0. The van der Waals surface area contributed by atoms with Gasteiger partial charge in [0.1, 0.15) is 12.4 Å². The smallest absolute Gasteiger partial charge is 0.171 e. The number of hydrogen-bond donors (Lipinski definition) is 1. The summed E-state index contributed by atoms with van der Waals surface area (Å²) in [5.41, 5.74) is 8.33. The minimum atomic E-state index is 0.411. The fraction of sp³-hybridized carbons (Fsp3) is 0.167. The standard InChI is InChI=1S/C18H18N2O3/c1-21-13-7-5-12(6-8-13)11-23-18-14-4-3-9-20-17(14)15(19)10-16(18)22-2/h3-10H,11,19H2,1-2H3. The number of anilines is 1. The van der Waals surface area contributed by atoms with E-state index in [1.807, 2.05) is 36.4 Å². The molecule has 5 heteroatoms. The van der Waals surface area contributed by atoms with Crippen molar-refractivity contribution in [2.24, 2.45) is 0 Å². The van der Waals surface area contributed by atoms with Gasteiger partial charge in [-0.05, 0) is 29.8 Å². The highest BCUT2D eigenvalue weighted by Crippen LogP contribution is 2.38. The molecule has 2 aromatic carbocycles. The van der Waals surface area contributed by atoms with Gasteiger partial charge in [0.05, 0.1) is 25.4 Å². The van der Waals surface area contributed by atoms with E-state index in [9.17, 15) is 0 Å². The maximum Gasteiger partial charge on any atom is 0.171 e. The zero-order valence-corrected chi connectivity index (χ0v) is 13.1. The van der Waals surface area contributed by atoms with Crippen LogP contribution in [-0.2, 0) is 6.61 Å². The van der Waals surface area contributed by atoms with Crippen LogP contribution in [0.25, 0.3) is 10.9 Å². The molecule has 0 bridgehead atoms. The molecule has 0 saturated heterocycles. The van der Waals surface area contributed by atoms with Crippen LogP contribution in [0, 0.1) is 0 Å². The number of nitrogens with zero attached hydrogens (tertiary/aromatic N) is 1. The van der Waals surface area contributed by atoms with E-state index in [1.54, 1.807) is 26.5 Å². The lowest BCUT2D eigenvalue weighted by Crippen LogP contribution is -2.01. The SMILES string of the molecule is COc1ccc(COc2c(OC)cc(N)c3ncccc23)cc1. The summed E-state index contributed by atoms with van der Waals surface area (Å²) in [6, 6.07) is 13.2. The van der Waals surface area contributed by atoms with Crippen LogP contribution in [0.15, 0.2) is 48.7 Å². The predicted molar refractivity (Wildman–Crippen MR) is 90.0 cm³/mol. The van der Waals surface area contributed by atoms with Crippen LogP contribution >= 0.6 is 0 Å². The van der Waals surface area contributed by atoms with Gasteiger partial charge in [-0.1, -0.05) is 12.1 Å². The number of ether oxygens (including phenoxy) is 3. The Hall–Kier alpha value is -2.95. The summed E-state index contributed by atoms with van der Waals surface area (Å²) in [6.07, 6.45) is 1.71.